The number of primary amides is 1. The van der Waals surface area contributed by atoms with Crippen LogP contribution in [0.3, 0.4) is 0 Å². The highest BCUT2D eigenvalue weighted by atomic mass is 16.1. The summed E-state index contributed by atoms with van der Waals surface area (Å²) in [5.41, 5.74) is 10.1. The lowest BCUT2D eigenvalue weighted by Gasteiger charge is -2.31. The van der Waals surface area contributed by atoms with E-state index in [0.29, 0.717) is 6.42 Å². The standard InChI is InChI=1S/C11H23N3O/c1-11(13,10(12)15)6-7-14(2)8-9-4-3-5-9/h9H,3-8,13H2,1-2H3,(H2,12,15). The van der Waals surface area contributed by atoms with Gasteiger partial charge in [0.1, 0.15) is 0 Å². The van der Waals surface area contributed by atoms with Crippen molar-refractivity contribution in [3.63, 3.8) is 0 Å². The van der Waals surface area contributed by atoms with Crippen molar-refractivity contribution in [1.29, 1.82) is 0 Å². The molecule has 0 aromatic rings. The molecule has 0 spiro atoms. The average Bonchev–Trinajstić information content (AvgIpc) is 2.08. The Morgan fingerprint density at radius 1 is 1.53 bits per heavy atom. The van der Waals surface area contributed by atoms with E-state index in [2.05, 4.69) is 11.9 Å². The smallest absolute Gasteiger partial charge is 0.237 e. The summed E-state index contributed by atoms with van der Waals surface area (Å²) in [7, 11) is 2.08. The van der Waals surface area contributed by atoms with Crippen LogP contribution in [0.25, 0.3) is 0 Å². The van der Waals surface area contributed by atoms with Gasteiger partial charge in [0.05, 0.1) is 5.54 Å². The molecule has 1 aliphatic carbocycles. The molecule has 0 saturated heterocycles. The van der Waals surface area contributed by atoms with Gasteiger partial charge in [-0.15, -0.1) is 0 Å². The van der Waals surface area contributed by atoms with Crippen LogP contribution in [0.4, 0.5) is 0 Å². The van der Waals surface area contributed by atoms with Crippen LogP contribution in [0.2, 0.25) is 0 Å². The van der Waals surface area contributed by atoms with Crippen molar-refractivity contribution in [3.05, 3.63) is 0 Å². The molecule has 0 aromatic carbocycles. The summed E-state index contributed by atoms with van der Waals surface area (Å²) in [6, 6.07) is 0. The molecular weight excluding hydrogens is 190 g/mol. The van der Waals surface area contributed by atoms with Gasteiger partial charge < -0.3 is 16.4 Å². The molecule has 0 aliphatic heterocycles. The Bertz CT molecular complexity index is 224. The summed E-state index contributed by atoms with van der Waals surface area (Å²) in [4.78, 5) is 13.2. The number of nitrogens with zero attached hydrogens (tertiary/aromatic N) is 1. The second-order valence-electron chi connectivity index (χ2n) is 5.09. The third-order valence-electron chi connectivity index (χ3n) is 3.37. The van der Waals surface area contributed by atoms with E-state index >= 15 is 0 Å². The fraction of sp³-hybridized carbons (Fsp3) is 0.909. The third kappa shape index (κ3) is 3.80. The number of hydrogen-bond donors (Lipinski definition) is 2. The summed E-state index contributed by atoms with van der Waals surface area (Å²) in [6.45, 7) is 3.66. The molecule has 1 fully saturated rings. The van der Waals surface area contributed by atoms with Crippen LogP contribution in [0.5, 0.6) is 0 Å². The zero-order valence-corrected chi connectivity index (χ0v) is 9.83. The first-order valence-corrected chi connectivity index (χ1v) is 5.69. The van der Waals surface area contributed by atoms with Crippen molar-refractivity contribution in [2.24, 2.45) is 17.4 Å². The summed E-state index contributed by atoms with van der Waals surface area (Å²) in [5, 5.41) is 0. The minimum atomic E-state index is -0.867. The number of amides is 1. The van der Waals surface area contributed by atoms with Crippen LogP contribution in [0, 0.1) is 5.92 Å². The Morgan fingerprint density at radius 2 is 2.13 bits per heavy atom. The Labute approximate surface area is 92.0 Å². The topological polar surface area (TPSA) is 72.3 Å². The maximum Gasteiger partial charge on any atom is 0.237 e. The zero-order valence-electron chi connectivity index (χ0n) is 9.83. The first kappa shape index (κ1) is 12.5. The lowest BCUT2D eigenvalue weighted by atomic mass is 9.85. The molecule has 1 aliphatic rings. The molecule has 1 amide bonds. The summed E-state index contributed by atoms with van der Waals surface area (Å²) in [6.07, 6.45) is 4.69. The molecule has 1 saturated carbocycles. The fourth-order valence-electron chi connectivity index (χ4n) is 1.75. The Hall–Kier alpha value is -0.610. The van der Waals surface area contributed by atoms with E-state index < -0.39 is 11.4 Å². The number of carbonyl (C=O) groups is 1. The molecule has 15 heavy (non-hydrogen) atoms. The third-order valence-corrected chi connectivity index (χ3v) is 3.37. The SMILES string of the molecule is CN(CCC(C)(N)C(N)=O)CC1CCC1. The molecule has 88 valence electrons. The van der Waals surface area contributed by atoms with Gasteiger partial charge in [0, 0.05) is 13.1 Å². The first-order valence-electron chi connectivity index (χ1n) is 5.69. The maximum absolute atomic E-state index is 11.0. The lowest BCUT2D eigenvalue weighted by Crippen LogP contribution is -2.51. The van der Waals surface area contributed by atoms with Crippen LogP contribution in [-0.4, -0.2) is 36.5 Å². The van der Waals surface area contributed by atoms with Crippen molar-refractivity contribution in [3.8, 4) is 0 Å². The van der Waals surface area contributed by atoms with Crippen LogP contribution in [-0.2, 0) is 4.79 Å². The van der Waals surface area contributed by atoms with E-state index in [9.17, 15) is 4.79 Å². The van der Waals surface area contributed by atoms with Crippen molar-refractivity contribution in [2.75, 3.05) is 20.1 Å². The van der Waals surface area contributed by atoms with Crippen LogP contribution in [0.1, 0.15) is 32.6 Å². The number of carbonyl (C=O) groups excluding carboxylic acids is 1. The van der Waals surface area contributed by atoms with E-state index in [4.69, 9.17) is 11.5 Å². The monoisotopic (exact) mass is 213 g/mol. The van der Waals surface area contributed by atoms with Gasteiger partial charge in [0.15, 0.2) is 0 Å². The molecule has 4 heteroatoms. The Kier molecular flexibility index (Phi) is 4.11. The van der Waals surface area contributed by atoms with Gasteiger partial charge in [-0.05, 0) is 39.2 Å². The Balaban J connectivity index is 2.20. The molecule has 0 radical (unpaired) electrons. The predicted octanol–water partition coefficient (Wildman–Crippen LogP) is 0.311. The van der Waals surface area contributed by atoms with E-state index in [1.165, 1.54) is 19.3 Å². The predicted molar refractivity (Wildman–Crippen MR) is 61.2 cm³/mol. The number of rotatable bonds is 6. The van der Waals surface area contributed by atoms with E-state index in [-0.39, 0.29) is 0 Å². The number of hydrogen-bond acceptors (Lipinski definition) is 3. The van der Waals surface area contributed by atoms with Crippen molar-refractivity contribution < 1.29 is 4.79 Å². The molecule has 1 rings (SSSR count). The molecule has 0 aromatic heterocycles. The van der Waals surface area contributed by atoms with Gasteiger partial charge in [-0.3, -0.25) is 4.79 Å². The summed E-state index contributed by atoms with van der Waals surface area (Å²) < 4.78 is 0. The minimum absolute atomic E-state index is 0.417. The normalized spacial score (nSPS) is 21.1. The van der Waals surface area contributed by atoms with Crippen molar-refractivity contribution >= 4 is 5.91 Å². The molecule has 4 nitrogen and oxygen atoms in total. The van der Waals surface area contributed by atoms with E-state index in [1.807, 2.05) is 0 Å². The van der Waals surface area contributed by atoms with E-state index in [1.54, 1.807) is 6.92 Å². The van der Waals surface area contributed by atoms with Gasteiger partial charge in [0.25, 0.3) is 0 Å². The Morgan fingerprint density at radius 3 is 2.53 bits per heavy atom. The highest BCUT2D eigenvalue weighted by Crippen LogP contribution is 2.26. The second-order valence-corrected chi connectivity index (χ2v) is 5.09. The maximum atomic E-state index is 11.0. The van der Waals surface area contributed by atoms with Crippen molar-refractivity contribution in [1.82, 2.24) is 4.90 Å². The van der Waals surface area contributed by atoms with E-state index in [0.717, 1.165) is 19.0 Å². The lowest BCUT2D eigenvalue weighted by molar-refractivity contribution is -0.122. The zero-order chi connectivity index (χ0) is 11.5. The van der Waals surface area contributed by atoms with Gasteiger partial charge in [0.2, 0.25) is 5.91 Å². The van der Waals surface area contributed by atoms with Gasteiger partial charge in [-0.1, -0.05) is 6.42 Å². The van der Waals surface area contributed by atoms with Gasteiger partial charge >= 0.3 is 0 Å². The summed E-state index contributed by atoms with van der Waals surface area (Å²) >= 11 is 0. The molecule has 0 heterocycles. The molecular formula is C11H23N3O. The molecule has 1 unspecified atom stereocenters. The highest BCUT2D eigenvalue weighted by Gasteiger charge is 2.26. The largest absolute Gasteiger partial charge is 0.368 e. The quantitative estimate of drug-likeness (QED) is 0.667. The van der Waals surface area contributed by atoms with Crippen LogP contribution in [0.15, 0.2) is 0 Å². The highest BCUT2D eigenvalue weighted by molar-refractivity contribution is 5.83. The minimum Gasteiger partial charge on any atom is -0.368 e. The summed E-state index contributed by atoms with van der Waals surface area (Å²) in [5.74, 6) is 0.437. The number of nitrogens with two attached hydrogens (primary N) is 2. The average molecular weight is 213 g/mol. The first-order chi connectivity index (χ1) is 6.92. The van der Waals surface area contributed by atoms with Crippen LogP contribution >= 0.6 is 0 Å². The molecule has 4 N–H and O–H groups in total. The van der Waals surface area contributed by atoms with Crippen LogP contribution < -0.4 is 11.5 Å². The fourth-order valence-corrected chi connectivity index (χ4v) is 1.75. The van der Waals surface area contributed by atoms with Gasteiger partial charge in [-0.2, -0.15) is 0 Å². The second kappa shape index (κ2) is 4.94. The molecule has 1 atom stereocenters. The van der Waals surface area contributed by atoms with Gasteiger partial charge in [-0.25, -0.2) is 0 Å². The van der Waals surface area contributed by atoms with Crippen molar-refractivity contribution in [2.45, 2.75) is 38.1 Å². The molecule has 0 bridgehead atoms.